The largest absolute Gasteiger partial charge is 0.261 e. The number of pyridine rings is 1. The van der Waals surface area contributed by atoms with Gasteiger partial charge in [0.2, 0.25) is 0 Å². The Hall–Kier alpha value is -1.42. The molecule has 0 fully saturated rings. The van der Waals surface area contributed by atoms with Crippen LogP contribution in [0.3, 0.4) is 0 Å². The van der Waals surface area contributed by atoms with Gasteiger partial charge in [-0.2, -0.15) is 0 Å². The molecule has 0 aliphatic rings. The van der Waals surface area contributed by atoms with Gasteiger partial charge >= 0.3 is 0 Å². The fraction of sp³-hybridized carbons (Fsp3) is 0.357. The van der Waals surface area contributed by atoms with Gasteiger partial charge in [-0.15, -0.1) is 0 Å². The highest BCUT2D eigenvalue weighted by molar-refractivity contribution is 7.98. The van der Waals surface area contributed by atoms with E-state index in [2.05, 4.69) is 21.9 Å². The Labute approximate surface area is 112 Å². The summed E-state index contributed by atoms with van der Waals surface area (Å²) in [5.41, 5.74) is 5.69. The number of aryl methyl sites for hydroxylation is 4. The van der Waals surface area contributed by atoms with Gasteiger partial charge in [-0.05, 0) is 51.0 Å². The molecular weight excluding hydrogens is 242 g/mol. The SMILES string of the molecule is Cc1cc(C)nc(SCc2c(C)ccnc2C)n1. The molecule has 0 spiro atoms. The van der Waals surface area contributed by atoms with E-state index in [9.17, 15) is 0 Å². The molecule has 0 amide bonds. The van der Waals surface area contributed by atoms with Gasteiger partial charge in [-0.3, -0.25) is 4.98 Å². The van der Waals surface area contributed by atoms with Crippen LogP contribution in [0.15, 0.2) is 23.5 Å². The summed E-state index contributed by atoms with van der Waals surface area (Å²) in [6.07, 6.45) is 1.85. The molecular formula is C14H17N3S. The van der Waals surface area contributed by atoms with Gasteiger partial charge in [0.15, 0.2) is 5.16 Å². The Morgan fingerprint density at radius 1 is 1.06 bits per heavy atom. The lowest BCUT2D eigenvalue weighted by Crippen LogP contribution is -1.97. The van der Waals surface area contributed by atoms with Crippen molar-refractivity contribution in [2.24, 2.45) is 0 Å². The summed E-state index contributed by atoms with van der Waals surface area (Å²) in [7, 11) is 0. The second-order valence-electron chi connectivity index (χ2n) is 4.41. The maximum absolute atomic E-state index is 4.44. The minimum atomic E-state index is 0.843. The summed E-state index contributed by atoms with van der Waals surface area (Å²) in [6.45, 7) is 8.16. The Bertz CT molecular complexity index is 526. The average molecular weight is 259 g/mol. The molecule has 0 aliphatic heterocycles. The van der Waals surface area contributed by atoms with Crippen molar-refractivity contribution in [3.63, 3.8) is 0 Å². The first-order valence-corrected chi connectivity index (χ1v) is 6.91. The third-order valence-corrected chi connectivity index (χ3v) is 3.69. The third-order valence-electron chi connectivity index (χ3n) is 2.81. The molecule has 0 radical (unpaired) electrons. The van der Waals surface area contributed by atoms with Gasteiger partial charge in [-0.25, -0.2) is 9.97 Å². The van der Waals surface area contributed by atoms with Crippen LogP contribution in [-0.2, 0) is 5.75 Å². The number of thioether (sulfide) groups is 1. The van der Waals surface area contributed by atoms with E-state index in [4.69, 9.17) is 0 Å². The summed E-state index contributed by atoms with van der Waals surface area (Å²) in [6, 6.07) is 4.04. The summed E-state index contributed by atoms with van der Waals surface area (Å²) in [5.74, 6) is 0.869. The summed E-state index contributed by atoms with van der Waals surface area (Å²) < 4.78 is 0. The minimum Gasteiger partial charge on any atom is -0.261 e. The minimum absolute atomic E-state index is 0.843. The van der Waals surface area contributed by atoms with Crippen LogP contribution < -0.4 is 0 Å². The standard InChI is InChI=1S/C14H17N3S/c1-9-5-6-15-12(4)13(9)8-18-14-16-10(2)7-11(3)17-14/h5-7H,8H2,1-4H3. The molecule has 4 heteroatoms. The Morgan fingerprint density at radius 2 is 1.72 bits per heavy atom. The fourth-order valence-corrected chi connectivity index (χ4v) is 2.96. The molecule has 0 N–H and O–H groups in total. The van der Waals surface area contributed by atoms with Gasteiger partial charge in [0.25, 0.3) is 0 Å². The summed E-state index contributed by atoms with van der Waals surface area (Å²) in [5, 5.41) is 0.843. The van der Waals surface area contributed by atoms with E-state index in [-0.39, 0.29) is 0 Å². The van der Waals surface area contributed by atoms with Gasteiger partial charge in [-0.1, -0.05) is 11.8 Å². The first-order valence-electron chi connectivity index (χ1n) is 5.92. The van der Waals surface area contributed by atoms with Crippen molar-refractivity contribution in [2.75, 3.05) is 0 Å². The van der Waals surface area contributed by atoms with E-state index in [0.717, 1.165) is 28.0 Å². The van der Waals surface area contributed by atoms with Gasteiger partial charge < -0.3 is 0 Å². The van der Waals surface area contributed by atoms with Crippen LogP contribution in [0.2, 0.25) is 0 Å². The fourth-order valence-electron chi connectivity index (χ4n) is 1.84. The molecule has 18 heavy (non-hydrogen) atoms. The highest BCUT2D eigenvalue weighted by Crippen LogP contribution is 2.23. The second kappa shape index (κ2) is 5.48. The Balaban J connectivity index is 2.16. The first kappa shape index (κ1) is 13.0. The average Bonchev–Trinajstić information content (AvgIpc) is 2.27. The lowest BCUT2D eigenvalue weighted by molar-refractivity contribution is 0.901. The molecule has 0 saturated heterocycles. The lowest BCUT2D eigenvalue weighted by atomic mass is 10.1. The molecule has 94 valence electrons. The van der Waals surface area contributed by atoms with E-state index in [1.165, 1.54) is 11.1 Å². The van der Waals surface area contributed by atoms with Gasteiger partial charge in [0.05, 0.1) is 0 Å². The Kier molecular flexibility index (Phi) is 3.97. The zero-order valence-electron chi connectivity index (χ0n) is 11.2. The molecule has 0 aromatic carbocycles. The van der Waals surface area contributed by atoms with Crippen LogP contribution in [0.1, 0.15) is 28.2 Å². The topological polar surface area (TPSA) is 38.7 Å². The van der Waals surface area contributed by atoms with Gasteiger partial charge in [0, 0.05) is 29.0 Å². The van der Waals surface area contributed by atoms with Crippen molar-refractivity contribution in [3.8, 4) is 0 Å². The maximum atomic E-state index is 4.44. The number of hydrogen-bond donors (Lipinski definition) is 0. The lowest BCUT2D eigenvalue weighted by Gasteiger charge is -2.08. The smallest absolute Gasteiger partial charge is 0.188 e. The monoisotopic (exact) mass is 259 g/mol. The van der Waals surface area contributed by atoms with Crippen molar-refractivity contribution in [2.45, 2.75) is 38.6 Å². The molecule has 0 unspecified atom stereocenters. The van der Waals surface area contributed by atoms with E-state index >= 15 is 0 Å². The number of aromatic nitrogens is 3. The molecule has 0 saturated carbocycles. The zero-order valence-corrected chi connectivity index (χ0v) is 12.0. The van der Waals surface area contributed by atoms with Crippen LogP contribution in [0.25, 0.3) is 0 Å². The van der Waals surface area contributed by atoms with E-state index < -0.39 is 0 Å². The number of rotatable bonds is 3. The number of nitrogens with zero attached hydrogens (tertiary/aromatic N) is 3. The predicted molar refractivity (Wildman–Crippen MR) is 74.8 cm³/mol. The molecule has 2 aromatic heterocycles. The van der Waals surface area contributed by atoms with Crippen LogP contribution in [-0.4, -0.2) is 15.0 Å². The quantitative estimate of drug-likeness (QED) is 0.625. The van der Waals surface area contributed by atoms with Crippen molar-refractivity contribution >= 4 is 11.8 Å². The van der Waals surface area contributed by atoms with E-state index in [1.54, 1.807) is 11.8 Å². The zero-order chi connectivity index (χ0) is 13.1. The van der Waals surface area contributed by atoms with Crippen LogP contribution >= 0.6 is 11.8 Å². The summed E-state index contributed by atoms with van der Waals surface area (Å²) >= 11 is 1.67. The normalized spacial score (nSPS) is 10.7. The van der Waals surface area contributed by atoms with E-state index in [1.807, 2.05) is 39.1 Å². The van der Waals surface area contributed by atoms with Crippen molar-refractivity contribution in [1.82, 2.24) is 15.0 Å². The maximum Gasteiger partial charge on any atom is 0.188 e. The molecule has 0 bridgehead atoms. The van der Waals surface area contributed by atoms with Gasteiger partial charge in [0.1, 0.15) is 0 Å². The highest BCUT2D eigenvalue weighted by Gasteiger charge is 2.06. The Morgan fingerprint density at radius 3 is 2.33 bits per heavy atom. The molecule has 2 aromatic rings. The first-order chi connectivity index (χ1) is 8.56. The molecule has 0 atom stereocenters. The molecule has 2 rings (SSSR count). The summed E-state index contributed by atoms with van der Waals surface area (Å²) in [4.78, 5) is 13.2. The highest BCUT2D eigenvalue weighted by atomic mass is 32.2. The van der Waals surface area contributed by atoms with Crippen molar-refractivity contribution in [1.29, 1.82) is 0 Å². The number of hydrogen-bond acceptors (Lipinski definition) is 4. The predicted octanol–water partition coefficient (Wildman–Crippen LogP) is 3.40. The van der Waals surface area contributed by atoms with Crippen molar-refractivity contribution < 1.29 is 0 Å². The van der Waals surface area contributed by atoms with Crippen LogP contribution in [0.5, 0.6) is 0 Å². The molecule has 0 aliphatic carbocycles. The van der Waals surface area contributed by atoms with Crippen LogP contribution in [0.4, 0.5) is 0 Å². The molecule has 3 nitrogen and oxygen atoms in total. The molecule has 2 heterocycles. The van der Waals surface area contributed by atoms with Crippen LogP contribution in [0, 0.1) is 27.7 Å². The van der Waals surface area contributed by atoms with Crippen molar-refractivity contribution in [3.05, 3.63) is 46.5 Å². The third kappa shape index (κ3) is 3.07. The second-order valence-corrected chi connectivity index (χ2v) is 5.36. The van der Waals surface area contributed by atoms with E-state index in [0.29, 0.717) is 0 Å².